The Kier molecular flexibility index (Phi) is 6.19. The average Bonchev–Trinajstić information content (AvgIpc) is 3.43. The quantitative estimate of drug-likeness (QED) is 0.224. The minimum Gasteiger partial charge on any atom is -0.405 e. The second-order valence-corrected chi connectivity index (χ2v) is 9.01. The maximum atomic E-state index is 13.7. The molecule has 3 nitrogen and oxygen atoms in total. The Balaban J connectivity index is 1.71. The smallest absolute Gasteiger partial charge is 0.405 e. The molecule has 1 aliphatic carbocycles. The Morgan fingerprint density at radius 1 is 1.00 bits per heavy atom. The molecular weight excluding hydrogens is 531 g/mol. The summed E-state index contributed by atoms with van der Waals surface area (Å²) in [4.78, 5) is 15.9. The third kappa shape index (κ3) is 4.78. The summed E-state index contributed by atoms with van der Waals surface area (Å²) >= 11 is 17.5. The van der Waals surface area contributed by atoms with Crippen molar-refractivity contribution in [3.63, 3.8) is 0 Å². The normalized spacial score (nSPS) is 18.4. The van der Waals surface area contributed by atoms with Crippen LogP contribution in [0.1, 0.15) is 41.0 Å². The summed E-state index contributed by atoms with van der Waals surface area (Å²) in [5.74, 6) is -3.39. The topological polar surface area (TPSA) is 38.7 Å². The molecule has 0 bridgehead atoms. The number of halogens is 9. The van der Waals surface area contributed by atoms with Crippen LogP contribution in [0.3, 0.4) is 0 Å². The summed E-state index contributed by atoms with van der Waals surface area (Å²) in [5.41, 5.74) is -3.27. The Hall–Kier alpha value is -2.23. The Labute approximate surface area is 204 Å². The molecule has 2 aromatic rings. The maximum absolute atomic E-state index is 13.7. The van der Waals surface area contributed by atoms with Crippen LogP contribution in [0.25, 0.3) is 6.08 Å². The molecule has 1 atom stereocenters. The molecular formula is C22H12Cl3F6NO2. The number of hydrogen-bond donors (Lipinski definition) is 0. The van der Waals surface area contributed by atoms with Crippen molar-refractivity contribution < 1.29 is 35.9 Å². The molecule has 12 heteroatoms. The number of rotatable bonds is 4. The van der Waals surface area contributed by atoms with Gasteiger partial charge in [0.1, 0.15) is 0 Å². The number of benzene rings is 2. The fraction of sp³-hybridized carbons (Fsp3) is 0.273. The van der Waals surface area contributed by atoms with Crippen molar-refractivity contribution in [2.75, 3.05) is 0 Å². The van der Waals surface area contributed by atoms with Gasteiger partial charge >= 0.3 is 18.3 Å². The van der Waals surface area contributed by atoms with Gasteiger partial charge in [-0.25, -0.2) is 9.79 Å². The van der Waals surface area contributed by atoms with Crippen LogP contribution in [-0.2, 0) is 15.7 Å². The molecule has 0 saturated heterocycles. The van der Waals surface area contributed by atoms with Gasteiger partial charge in [0.2, 0.25) is 5.90 Å². The first kappa shape index (κ1) is 24.9. The van der Waals surface area contributed by atoms with Crippen molar-refractivity contribution in [3.05, 3.63) is 73.7 Å². The lowest BCUT2D eigenvalue weighted by molar-refractivity contribution is -0.139. The molecule has 0 N–H and O–H groups in total. The molecule has 1 heterocycles. The fourth-order valence-corrected chi connectivity index (χ4v) is 4.07. The van der Waals surface area contributed by atoms with Crippen LogP contribution in [0, 0.1) is 0 Å². The highest BCUT2D eigenvalue weighted by molar-refractivity contribution is 6.48. The molecule has 0 amide bonds. The molecule has 4 rings (SSSR count). The number of esters is 1. The summed E-state index contributed by atoms with van der Waals surface area (Å²) in [6.07, 6.45) is -7.32. The van der Waals surface area contributed by atoms with E-state index in [2.05, 4.69) is 4.99 Å². The molecule has 1 aliphatic heterocycles. The van der Waals surface area contributed by atoms with Gasteiger partial charge in [-0.1, -0.05) is 53.0 Å². The Morgan fingerprint density at radius 3 is 2.12 bits per heavy atom. The standard InChI is InChI=1S/C22H12Cl3F6NO2/c23-15-8-11(9-16(24)17(15)25)13(21(26,27)28)4-2-10-1-3-12(14(7-10)22(29,30)31)18-32-20(5-6-20)19(33)34-18/h1-4,7-9,13H,5-6H2. The van der Waals surface area contributed by atoms with Gasteiger partial charge in [-0.15, -0.1) is 0 Å². The average molecular weight is 543 g/mol. The number of carbonyl (C=O) groups is 1. The number of allylic oxidation sites excluding steroid dienone is 1. The molecule has 34 heavy (non-hydrogen) atoms. The van der Waals surface area contributed by atoms with Gasteiger partial charge in [0.05, 0.1) is 26.5 Å². The number of aliphatic imine (C=N–C) groups is 1. The molecule has 1 saturated carbocycles. The van der Waals surface area contributed by atoms with Crippen LogP contribution in [0.15, 0.2) is 41.4 Å². The third-order valence-corrected chi connectivity index (χ3v) is 6.58. The first-order valence-electron chi connectivity index (χ1n) is 9.64. The number of cyclic esters (lactones) is 1. The number of carbonyl (C=O) groups excluding carboxylic acids is 1. The highest BCUT2D eigenvalue weighted by Gasteiger charge is 2.57. The second kappa shape index (κ2) is 8.46. The van der Waals surface area contributed by atoms with E-state index in [9.17, 15) is 31.1 Å². The number of alkyl halides is 6. The zero-order valence-electron chi connectivity index (χ0n) is 16.7. The van der Waals surface area contributed by atoms with Gasteiger partial charge in [-0.2, -0.15) is 26.3 Å². The van der Waals surface area contributed by atoms with Gasteiger partial charge in [0, 0.05) is 5.56 Å². The lowest BCUT2D eigenvalue weighted by Crippen LogP contribution is -2.19. The van der Waals surface area contributed by atoms with E-state index in [1.165, 1.54) is 6.07 Å². The zero-order chi connectivity index (χ0) is 25.1. The van der Waals surface area contributed by atoms with Crippen molar-refractivity contribution in [1.82, 2.24) is 0 Å². The molecule has 2 aromatic carbocycles. The minimum absolute atomic E-state index is 0.120. The van der Waals surface area contributed by atoms with Crippen molar-refractivity contribution >= 4 is 52.7 Å². The lowest BCUT2D eigenvalue weighted by Gasteiger charge is -2.18. The summed E-state index contributed by atoms with van der Waals surface area (Å²) in [5, 5.41) is -0.516. The van der Waals surface area contributed by atoms with E-state index in [-0.39, 0.29) is 26.2 Å². The third-order valence-electron chi connectivity index (χ3n) is 5.39. The van der Waals surface area contributed by atoms with Crippen LogP contribution >= 0.6 is 34.8 Å². The van der Waals surface area contributed by atoms with Crippen LogP contribution < -0.4 is 0 Å². The van der Waals surface area contributed by atoms with E-state index in [1.54, 1.807) is 0 Å². The first-order chi connectivity index (χ1) is 15.7. The van der Waals surface area contributed by atoms with Crippen LogP contribution in [-0.4, -0.2) is 23.6 Å². The van der Waals surface area contributed by atoms with E-state index in [4.69, 9.17) is 39.5 Å². The first-order valence-corrected chi connectivity index (χ1v) is 10.8. The van der Waals surface area contributed by atoms with Crippen LogP contribution in [0.5, 0.6) is 0 Å². The predicted molar refractivity (Wildman–Crippen MR) is 115 cm³/mol. The van der Waals surface area contributed by atoms with E-state index >= 15 is 0 Å². The van der Waals surface area contributed by atoms with Crippen LogP contribution in [0.4, 0.5) is 26.3 Å². The molecule has 1 fully saturated rings. The van der Waals surface area contributed by atoms with Gasteiger partial charge in [0.15, 0.2) is 5.54 Å². The molecule has 1 unspecified atom stereocenters. The van der Waals surface area contributed by atoms with E-state index in [1.807, 2.05) is 0 Å². The second-order valence-electron chi connectivity index (χ2n) is 7.82. The summed E-state index contributed by atoms with van der Waals surface area (Å²) < 4.78 is 87.2. The minimum atomic E-state index is -4.88. The Morgan fingerprint density at radius 2 is 1.62 bits per heavy atom. The van der Waals surface area contributed by atoms with Crippen LogP contribution in [0.2, 0.25) is 15.1 Å². The van der Waals surface area contributed by atoms with Crippen molar-refractivity contribution in [2.24, 2.45) is 4.99 Å². The number of nitrogens with zero attached hydrogens (tertiary/aromatic N) is 1. The highest BCUT2D eigenvalue weighted by atomic mass is 35.5. The maximum Gasteiger partial charge on any atom is 0.417 e. The monoisotopic (exact) mass is 541 g/mol. The van der Waals surface area contributed by atoms with Gasteiger partial charge < -0.3 is 4.74 Å². The Bertz CT molecular complexity index is 1210. The predicted octanol–water partition coefficient (Wildman–Crippen LogP) is 7.86. The van der Waals surface area contributed by atoms with Crippen molar-refractivity contribution in [2.45, 2.75) is 36.7 Å². The fourth-order valence-electron chi connectivity index (χ4n) is 3.45. The van der Waals surface area contributed by atoms with Gasteiger partial charge in [-0.3, -0.25) is 0 Å². The molecule has 1 spiro atoms. The summed E-state index contributed by atoms with van der Waals surface area (Å²) in [6.45, 7) is 0. The zero-order valence-corrected chi connectivity index (χ0v) is 19.0. The van der Waals surface area contributed by atoms with Crippen molar-refractivity contribution in [3.8, 4) is 0 Å². The molecule has 2 aliphatic rings. The molecule has 0 radical (unpaired) electrons. The van der Waals surface area contributed by atoms with Gasteiger partial charge in [-0.05, 0) is 48.2 Å². The van der Waals surface area contributed by atoms with E-state index < -0.39 is 46.8 Å². The van der Waals surface area contributed by atoms with E-state index in [0.29, 0.717) is 25.0 Å². The lowest BCUT2D eigenvalue weighted by atomic mass is 9.96. The van der Waals surface area contributed by atoms with Gasteiger partial charge in [0.25, 0.3) is 0 Å². The largest absolute Gasteiger partial charge is 0.417 e. The van der Waals surface area contributed by atoms with Crippen molar-refractivity contribution in [1.29, 1.82) is 0 Å². The molecule has 180 valence electrons. The number of ether oxygens (including phenoxy) is 1. The highest BCUT2D eigenvalue weighted by Crippen LogP contribution is 2.46. The number of hydrogen-bond acceptors (Lipinski definition) is 3. The van der Waals surface area contributed by atoms with E-state index in [0.717, 1.165) is 24.3 Å². The molecule has 0 aromatic heterocycles. The summed E-state index contributed by atoms with van der Waals surface area (Å²) in [7, 11) is 0. The summed E-state index contributed by atoms with van der Waals surface area (Å²) in [6, 6.07) is 4.82. The SMILES string of the molecule is O=C1OC(c2ccc(C=CC(c3cc(Cl)c(Cl)c(Cl)c3)C(F)(F)F)cc2C(F)(F)F)=NC12CC2.